The molecule has 1 aliphatic heterocycles. The summed E-state index contributed by atoms with van der Waals surface area (Å²) in [5.74, 6) is 1.90. The van der Waals surface area contributed by atoms with Crippen LogP contribution in [0, 0.1) is 12.8 Å². The van der Waals surface area contributed by atoms with Gasteiger partial charge in [0, 0.05) is 37.0 Å². The average Bonchev–Trinajstić information content (AvgIpc) is 3.16. The highest BCUT2D eigenvalue weighted by Crippen LogP contribution is 2.27. The van der Waals surface area contributed by atoms with Crippen LogP contribution < -0.4 is 19.7 Å². The molecule has 0 bridgehead atoms. The number of benzene rings is 2. The first-order valence-corrected chi connectivity index (χ1v) is 9.39. The summed E-state index contributed by atoms with van der Waals surface area (Å²) in [7, 11) is 3.22. The van der Waals surface area contributed by atoms with Crippen LogP contribution in [0.3, 0.4) is 0 Å². The minimum absolute atomic E-state index is 0.0211. The summed E-state index contributed by atoms with van der Waals surface area (Å²) < 4.78 is 10.6. The Kier molecular flexibility index (Phi) is 6.22. The molecule has 0 radical (unpaired) electrons. The van der Waals surface area contributed by atoms with Gasteiger partial charge in [0.05, 0.1) is 20.6 Å². The highest BCUT2D eigenvalue weighted by molar-refractivity contribution is 5.79. The van der Waals surface area contributed by atoms with Crippen molar-refractivity contribution in [1.29, 1.82) is 0 Å². The first-order chi connectivity index (χ1) is 13.1. The van der Waals surface area contributed by atoms with E-state index < -0.39 is 0 Å². The van der Waals surface area contributed by atoms with E-state index in [0.717, 1.165) is 30.8 Å². The van der Waals surface area contributed by atoms with E-state index in [1.54, 1.807) is 20.3 Å². The van der Waals surface area contributed by atoms with Crippen LogP contribution in [0.4, 0.5) is 5.69 Å². The van der Waals surface area contributed by atoms with E-state index >= 15 is 0 Å². The number of hydrogen-bond donors (Lipinski definition) is 1. The van der Waals surface area contributed by atoms with Crippen molar-refractivity contribution < 1.29 is 14.3 Å². The quantitative estimate of drug-likeness (QED) is 0.815. The van der Waals surface area contributed by atoms with Gasteiger partial charge in [-0.2, -0.15) is 0 Å². The Labute approximate surface area is 161 Å². The molecule has 1 N–H and O–H groups in total. The number of anilines is 1. The summed E-state index contributed by atoms with van der Waals surface area (Å²) in [6, 6.07) is 14.0. The molecular formula is C22H28N2O3. The van der Waals surface area contributed by atoms with Crippen LogP contribution in [-0.2, 0) is 11.2 Å². The Hall–Kier alpha value is -2.69. The maximum atomic E-state index is 12.4. The average molecular weight is 368 g/mol. The normalized spacial score (nSPS) is 16.3. The van der Waals surface area contributed by atoms with Crippen LogP contribution >= 0.6 is 0 Å². The minimum Gasteiger partial charge on any atom is -0.497 e. The Bertz CT molecular complexity index is 791. The van der Waals surface area contributed by atoms with Crippen molar-refractivity contribution in [1.82, 2.24) is 5.32 Å². The lowest BCUT2D eigenvalue weighted by Gasteiger charge is -2.21. The van der Waals surface area contributed by atoms with Crippen molar-refractivity contribution in [3.8, 4) is 11.5 Å². The van der Waals surface area contributed by atoms with E-state index in [2.05, 4.69) is 41.4 Å². The number of carbonyl (C=O) groups excluding carboxylic acids is 1. The summed E-state index contributed by atoms with van der Waals surface area (Å²) in [6.07, 6.45) is 1.40. The lowest BCUT2D eigenvalue weighted by atomic mass is 10.1. The summed E-state index contributed by atoms with van der Waals surface area (Å²) >= 11 is 0. The molecule has 0 aromatic heterocycles. The van der Waals surface area contributed by atoms with Gasteiger partial charge >= 0.3 is 0 Å². The third kappa shape index (κ3) is 4.73. The summed E-state index contributed by atoms with van der Waals surface area (Å²) in [5, 5.41) is 3.09. The molecule has 1 fully saturated rings. The van der Waals surface area contributed by atoms with Crippen molar-refractivity contribution in [3.05, 3.63) is 53.6 Å². The fraction of sp³-hybridized carbons (Fsp3) is 0.409. The van der Waals surface area contributed by atoms with Crippen molar-refractivity contribution in [2.45, 2.75) is 19.8 Å². The predicted molar refractivity (Wildman–Crippen MR) is 108 cm³/mol. The molecule has 1 amide bonds. The molecule has 2 aromatic carbocycles. The number of rotatable bonds is 7. The Balaban J connectivity index is 1.51. The zero-order chi connectivity index (χ0) is 19.2. The number of aryl methyl sites for hydroxylation is 1. The molecule has 1 atom stereocenters. The number of para-hydroxylation sites is 1. The number of nitrogens with one attached hydrogen (secondary N) is 1. The number of hydrogen-bond acceptors (Lipinski definition) is 4. The van der Waals surface area contributed by atoms with Gasteiger partial charge in [-0.05, 0) is 37.0 Å². The smallest absolute Gasteiger partial charge is 0.224 e. The number of amides is 1. The topological polar surface area (TPSA) is 50.8 Å². The molecule has 1 unspecified atom stereocenters. The molecule has 1 saturated heterocycles. The molecule has 5 nitrogen and oxygen atoms in total. The molecule has 0 spiro atoms. The van der Waals surface area contributed by atoms with Gasteiger partial charge in [0.2, 0.25) is 5.91 Å². The van der Waals surface area contributed by atoms with Crippen molar-refractivity contribution in [2.24, 2.45) is 5.92 Å². The lowest BCUT2D eigenvalue weighted by molar-refractivity contribution is -0.120. The van der Waals surface area contributed by atoms with Crippen molar-refractivity contribution in [2.75, 3.05) is 38.8 Å². The Morgan fingerprint density at radius 1 is 1.19 bits per heavy atom. The van der Waals surface area contributed by atoms with E-state index in [0.29, 0.717) is 24.6 Å². The molecule has 3 rings (SSSR count). The molecule has 27 heavy (non-hydrogen) atoms. The highest BCUT2D eigenvalue weighted by Gasteiger charge is 2.24. The minimum atomic E-state index is 0.0211. The van der Waals surface area contributed by atoms with Gasteiger partial charge in [0.1, 0.15) is 11.5 Å². The zero-order valence-corrected chi connectivity index (χ0v) is 16.3. The number of carbonyl (C=O) groups is 1. The van der Waals surface area contributed by atoms with E-state index in [-0.39, 0.29) is 5.91 Å². The Morgan fingerprint density at radius 2 is 2.00 bits per heavy atom. The highest BCUT2D eigenvalue weighted by atomic mass is 16.5. The first-order valence-electron chi connectivity index (χ1n) is 9.39. The summed E-state index contributed by atoms with van der Waals surface area (Å²) in [6.45, 7) is 4.88. The number of nitrogens with zero attached hydrogens (tertiary/aromatic N) is 1. The number of methoxy groups -OCH3 is 2. The predicted octanol–water partition coefficient (Wildman–Crippen LogP) is 3.20. The van der Waals surface area contributed by atoms with Crippen LogP contribution in [0.2, 0.25) is 0 Å². The van der Waals surface area contributed by atoms with Gasteiger partial charge in [0.15, 0.2) is 0 Å². The summed E-state index contributed by atoms with van der Waals surface area (Å²) in [5.41, 5.74) is 3.46. The molecule has 144 valence electrons. The zero-order valence-electron chi connectivity index (χ0n) is 16.3. The molecule has 1 heterocycles. The fourth-order valence-corrected chi connectivity index (χ4v) is 3.63. The van der Waals surface area contributed by atoms with Crippen LogP contribution in [0.5, 0.6) is 11.5 Å². The molecule has 0 aliphatic carbocycles. The van der Waals surface area contributed by atoms with Crippen LogP contribution in [0.1, 0.15) is 17.5 Å². The molecule has 1 aliphatic rings. The second-order valence-electron chi connectivity index (χ2n) is 7.05. The van der Waals surface area contributed by atoms with Crippen molar-refractivity contribution >= 4 is 11.6 Å². The van der Waals surface area contributed by atoms with Gasteiger partial charge in [-0.1, -0.05) is 24.3 Å². The van der Waals surface area contributed by atoms with Gasteiger partial charge in [-0.25, -0.2) is 0 Å². The van der Waals surface area contributed by atoms with E-state index in [9.17, 15) is 4.79 Å². The second-order valence-corrected chi connectivity index (χ2v) is 7.05. The van der Waals surface area contributed by atoms with Gasteiger partial charge in [-0.3, -0.25) is 4.79 Å². The second kappa shape index (κ2) is 8.80. The van der Waals surface area contributed by atoms with E-state index in [4.69, 9.17) is 9.47 Å². The molecule has 2 aromatic rings. The van der Waals surface area contributed by atoms with Crippen LogP contribution in [0.15, 0.2) is 42.5 Å². The van der Waals surface area contributed by atoms with E-state index in [1.165, 1.54) is 11.3 Å². The van der Waals surface area contributed by atoms with E-state index in [1.807, 2.05) is 12.1 Å². The van der Waals surface area contributed by atoms with Gasteiger partial charge < -0.3 is 19.7 Å². The van der Waals surface area contributed by atoms with Gasteiger partial charge in [0.25, 0.3) is 0 Å². The third-order valence-corrected chi connectivity index (χ3v) is 5.18. The fourth-order valence-electron chi connectivity index (χ4n) is 3.63. The largest absolute Gasteiger partial charge is 0.497 e. The summed E-state index contributed by atoms with van der Waals surface area (Å²) in [4.78, 5) is 14.8. The van der Waals surface area contributed by atoms with Gasteiger partial charge in [-0.15, -0.1) is 0 Å². The maximum absolute atomic E-state index is 12.4. The third-order valence-electron chi connectivity index (χ3n) is 5.18. The standard InChI is InChI=1S/C22H28N2O3/c1-16-6-4-5-7-20(16)24-11-10-17(15-24)14-23-22(25)12-18-8-9-19(26-2)13-21(18)27-3/h4-9,13,17H,10-12,14-15H2,1-3H3,(H,23,25). The van der Waals surface area contributed by atoms with Crippen molar-refractivity contribution in [3.63, 3.8) is 0 Å². The lowest BCUT2D eigenvalue weighted by Crippen LogP contribution is -2.32. The molecule has 0 saturated carbocycles. The SMILES string of the molecule is COc1ccc(CC(=O)NCC2CCN(c3ccccc3C)C2)c(OC)c1. The number of ether oxygens (including phenoxy) is 2. The molecule has 5 heteroatoms. The first kappa shape index (κ1) is 19.1. The maximum Gasteiger partial charge on any atom is 0.224 e. The monoisotopic (exact) mass is 368 g/mol. The van der Waals surface area contributed by atoms with Crippen LogP contribution in [0.25, 0.3) is 0 Å². The van der Waals surface area contributed by atoms with Crippen LogP contribution in [-0.4, -0.2) is 39.8 Å². The molecular weight excluding hydrogens is 340 g/mol. The Morgan fingerprint density at radius 3 is 2.74 bits per heavy atom.